The van der Waals surface area contributed by atoms with Crippen molar-refractivity contribution in [2.45, 2.75) is 0 Å². The Balaban J connectivity index is 2.46. The van der Waals surface area contributed by atoms with Gasteiger partial charge in [0.05, 0.1) is 4.53 Å². The van der Waals surface area contributed by atoms with Crippen LogP contribution in [0.15, 0.2) is 34.6 Å². The summed E-state index contributed by atoms with van der Waals surface area (Å²) in [5.41, 5.74) is 1.08. The van der Waals surface area contributed by atoms with E-state index in [1.54, 1.807) is 28.0 Å². The normalized spacial score (nSPS) is 20.5. The fourth-order valence-corrected chi connectivity index (χ4v) is 1.70. The molecule has 18 heavy (non-hydrogen) atoms. The van der Waals surface area contributed by atoms with Crippen LogP contribution in [-0.4, -0.2) is 49.2 Å². The van der Waals surface area contributed by atoms with Crippen molar-refractivity contribution in [2.75, 3.05) is 28.2 Å². The van der Waals surface area contributed by atoms with E-state index >= 15 is 0 Å². The molecule has 7 heteroatoms. The summed E-state index contributed by atoms with van der Waals surface area (Å²) in [6.45, 7) is 0. The Morgan fingerprint density at radius 1 is 1.17 bits per heavy atom. The van der Waals surface area contributed by atoms with Crippen LogP contribution in [0, 0.1) is 0 Å². The summed E-state index contributed by atoms with van der Waals surface area (Å²) in [6.07, 6.45) is 0. The fourth-order valence-electron chi connectivity index (χ4n) is 1.70. The minimum Gasteiger partial charge on any atom is -0.275 e. The second-order valence-electron chi connectivity index (χ2n) is 4.38. The second kappa shape index (κ2) is 4.35. The molecule has 1 aliphatic heterocycles. The molecule has 0 aromatic heterocycles. The first-order valence-corrected chi connectivity index (χ1v) is 5.50. The number of quaternary nitrogens is 1. The Morgan fingerprint density at radius 3 is 2.39 bits per heavy atom. The van der Waals surface area contributed by atoms with Gasteiger partial charge in [-0.15, -0.1) is 0 Å². The van der Waals surface area contributed by atoms with Crippen molar-refractivity contribution in [3.05, 3.63) is 24.3 Å². The monoisotopic (exact) mass is 251 g/mol. The Hall–Kier alpha value is -1.99. The van der Waals surface area contributed by atoms with Gasteiger partial charge in [0, 0.05) is 34.3 Å². The van der Waals surface area contributed by atoms with E-state index in [9.17, 15) is 5.21 Å². The van der Waals surface area contributed by atoms with Crippen LogP contribution in [0.1, 0.15) is 0 Å². The average molecular weight is 251 g/mol. The van der Waals surface area contributed by atoms with Gasteiger partial charge < -0.3 is 0 Å². The number of amides is 2. The van der Waals surface area contributed by atoms with Gasteiger partial charge in [-0.05, 0) is 6.07 Å². The zero-order valence-corrected chi connectivity index (χ0v) is 10.9. The highest BCUT2D eigenvalue weighted by molar-refractivity contribution is 5.74. The van der Waals surface area contributed by atoms with E-state index in [2.05, 4.69) is 10.3 Å². The fraction of sp³-hybridized carbons (Fsp3) is 0.364. The lowest BCUT2D eigenvalue weighted by Gasteiger charge is -2.11. The predicted molar refractivity (Wildman–Crippen MR) is 67.3 cm³/mol. The Bertz CT molecular complexity index is 502. The number of nitrogens with zero attached hydrogens (tertiary/aromatic N) is 5. The standard InChI is InChI=1S/C11H17N5O2/c1-14(2)11(15(3)4)18-16(17)10-8-6-5-7-9(10)12-13-16/h5-8,17H,1-4H3/q+2. The third-order valence-corrected chi connectivity index (χ3v) is 2.44. The molecule has 2 amide bonds. The van der Waals surface area contributed by atoms with Crippen molar-refractivity contribution in [2.24, 2.45) is 10.3 Å². The number of hydrogen-bond acceptors (Lipinski definition) is 3. The molecule has 0 saturated heterocycles. The van der Waals surface area contributed by atoms with Crippen LogP contribution in [-0.2, 0) is 0 Å². The number of hydrogen-bond donors (Lipinski definition) is 1. The molecule has 0 aliphatic carbocycles. The first kappa shape index (κ1) is 12.5. The van der Waals surface area contributed by atoms with Gasteiger partial charge in [0.2, 0.25) is 0 Å². The third-order valence-electron chi connectivity index (χ3n) is 2.44. The molecule has 0 bridgehead atoms. The molecular weight excluding hydrogens is 234 g/mol. The van der Waals surface area contributed by atoms with Crippen molar-refractivity contribution in [3.63, 3.8) is 0 Å². The molecule has 0 fully saturated rings. The summed E-state index contributed by atoms with van der Waals surface area (Å²) in [4.78, 5) is 2.46. The van der Waals surface area contributed by atoms with Gasteiger partial charge in [-0.2, -0.15) is 0 Å². The van der Waals surface area contributed by atoms with Crippen LogP contribution in [0.2, 0.25) is 0 Å². The van der Waals surface area contributed by atoms with Crippen LogP contribution >= 0.6 is 0 Å². The highest BCUT2D eigenvalue weighted by atomic mass is 16.9. The lowest BCUT2D eigenvalue weighted by Crippen LogP contribution is -2.40. The molecule has 1 N–H and O–H groups in total. The van der Waals surface area contributed by atoms with Gasteiger partial charge in [0.25, 0.3) is 0 Å². The minimum atomic E-state index is -1.03. The second-order valence-corrected chi connectivity index (χ2v) is 4.38. The Labute approximate surface area is 105 Å². The number of carbonyl (C=O) groups excluding carboxylic acids is 1. The zero-order chi connectivity index (χ0) is 13.3. The van der Waals surface area contributed by atoms with Gasteiger partial charge in [-0.25, -0.2) is 0 Å². The largest absolute Gasteiger partial charge is 0.600 e. The number of urea groups is 1. The molecule has 1 aromatic carbocycles. The predicted octanol–water partition coefficient (Wildman–Crippen LogP) is 2.09. The molecule has 1 unspecified atom stereocenters. The van der Waals surface area contributed by atoms with Gasteiger partial charge >= 0.3 is 16.6 Å². The molecule has 1 aliphatic rings. The van der Waals surface area contributed by atoms with Gasteiger partial charge in [-0.3, -0.25) is 9.80 Å². The zero-order valence-electron chi connectivity index (χ0n) is 10.9. The first-order valence-electron chi connectivity index (χ1n) is 5.50. The van der Waals surface area contributed by atoms with E-state index in [0.717, 1.165) is 0 Å². The summed E-state index contributed by atoms with van der Waals surface area (Å²) >= 11 is 0. The van der Waals surface area contributed by atoms with E-state index in [0.29, 0.717) is 17.4 Å². The van der Waals surface area contributed by atoms with Crippen LogP contribution in [0.25, 0.3) is 0 Å². The van der Waals surface area contributed by atoms with E-state index in [4.69, 9.17) is 4.53 Å². The van der Waals surface area contributed by atoms with Crippen molar-refractivity contribution in [1.82, 2.24) is 14.7 Å². The lowest BCUT2D eigenvalue weighted by atomic mass is 10.3. The van der Waals surface area contributed by atoms with E-state index in [-0.39, 0.29) is 0 Å². The maximum absolute atomic E-state index is 10.4. The molecule has 96 valence electrons. The smallest absolute Gasteiger partial charge is 0.275 e. The molecule has 1 aromatic rings. The third kappa shape index (κ3) is 2.05. The van der Waals surface area contributed by atoms with E-state index in [1.807, 2.05) is 34.3 Å². The van der Waals surface area contributed by atoms with Crippen molar-refractivity contribution < 1.29 is 9.73 Å². The van der Waals surface area contributed by atoms with Gasteiger partial charge in [0.15, 0.2) is 10.9 Å². The lowest BCUT2D eigenvalue weighted by molar-refractivity contribution is -0.501. The topological polar surface area (TPSA) is 62.7 Å². The number of rotatable bonds is 1. The number of para-hydroxylation sites is 1. The molecule has 0 saturated carbocycles. The van der Waals surface area contributed by atoms with E-state index in [1.165, 1.54) is 0 Å². The highest BCUT2D eigenvalue weighted by Crippen LogP contribution is 2.41. The van der Waals surface area contributed by atoms with Crippen LogP contribution in [0.3, 0.4) is 0 Å². The van der Waals surface area contributed by atoms with Crippen molar-refractivity contribution >= 4 is 17.4 Å². The van der Waals surface area contributed by atoms with Crippen LogP contribution < -0.4 is 4.92 Å². The molecular formula is C11H17N5O2+2. The minimum absolute atomic E-state index is 0.466. The summed E-state index contributed by atoms with van der Waals surface area (Å²) in [5, 5.41) is 18.1. The maximum Gasteiger partial charge on any atom is 0.600 e. The SMILES string of the molecule is CN(C)C(=[O+][N+]1(O)N=Nc2ccccc21)N(C)C. The highest BCUT2D eigenvalue weighted by Gasteiger charge is 2.52. The summed E-state index contributed by atoms with van der Waals surface area (Å²) in [5.74, 6) is 0. The Morgan fingerprint density at radius 2 is 1.78 bits per heavy atom. The molecule has 1 atom stereocenters. The average Bonchev–Trinajstić information content (AvgIpc) is 2.65. The van der Waals surface area contributed by atoms with E-state index < -0.39 is 4.92 Å². The molecule has 1 heterocycles. The summed E-state index contributed by atoms with van der Waals surface area (Å²) < 4.78 is 5.55. The summed E-state index contributed by atoms with van der Waals surface area (Å²) in [6, 6.07) is 7.58. The van der Waals surface area contributed by atoms with Gasteiger partial charge in [0.1, 0.15) is 0 Å². The van der Waals surface area contributed by atoms with Crippen LogP contribution in [0.5, 0.6) is 0 Å². The molecule has 0 radical (unpaired) electrons. The molecule has 7 nitrogen and oxygen atoms in total. The summed E-state index contributed by atoms with van der Waals surface area (Å²) in [7, 11) is 7.28. The Kier molecular flexibility index (Phi) is 3.02. The van der Waals surface area contributed by atoms with Crippen molar-refractivity contribution in [3.8, 4) is 0 Å². The molecule has 0 spiro atoms. The van der Waals surface area contributed by atoms with Crippen molar-refractivity contribution in [1.29, 1.82) is 0 Å². The first-order chi connectivity index (χ1) is 8.44. The number of fused-ring (bicyclic) bond motifs is 1. The number of benzene rings is 1. The maximum atomic E-state index is 10.4. The quantitative estimate of drug-likeness (QED) is 0.603. The van der Waals surface area contributed by atoms with Crippen LogP contribution in [0.4, 0.5) is 15.9 Å². The molecule has 2 rings (SSSR count). The van der Waals surface area contributed by atoms with Gasteiger partial charge in [-0.1, -0.05) is 22.5 Å².